The zero-order chi connectivity index (χ0) is 15.5. The van der Waals surface area contributed by atoms with E-state index in [4.69, 9.17) is 15.6 Å². The Morgan fingerprint density at radius 1 is 1.30 bits per heavy atom. The van der Waals surface area contributed by atoms with Gasteiger partial charge in [-0.2, -0.15) is 0 Å². The predicted molar refractivity (Wildman–Crippen MR) is 72.1 cm³/mol. The number of carbonyl (C=O) groups excluding carboxylic acids is 2. The molecule has 0 aromatic rings. The Morgan fingerprint density at radius 2 is 1.95 bits per heavy atom. The molecule has 0 saturated carbocycles. The molecule has 0 aliphatic carbocycles. The van der Waals surface area contributed by atoms with Crippen LogP contribution < -0.4 is 11.1 Å². The largest absolute Gasteiger partial charge is 0.480 e. The Labute approximate surface area is 118 Å². The van der Waals surface area contributed by atoms with Gasteiger partial charge in [-0.3, -0.25) is 9.59 Å². The molecule has 0 heterocycles. The molecule has 0 aromatic carbocycles. The number of rotatable bonds is 10. The number of nitrogens with one attached hydrogen (secondary N) is 1. The minimum absolute atomic E-state index is 0.339. The number of urea groups is 1. The summed E-state index contributed by atoms with van der Waals surface area (Å²) in [5.74, 6) is -1.52. The number of nitrogens with zero attached hydrogens (tertiary/aromatic N) is 1. The third kappa shape index (κ3) is 10.1. The van der Waals surface area contributed by atoms with E-state index in [1.54, 1.807) is 0 Å². The molecule has 3 amide bonds. The molecule has 8 heteroatoms. The summed E-state index contributed by atoms with van der Waals surface area (Å²) in [5.41, 5.74) is 4.96. The Kier molecular flexibility index (Phi) is 9.10. The lowest BCUT2D eigenvalue weighted by atomic mass is 10.2. The van der Waals surface area contributed by atoms with Crippen LogP contribution in [0.4, 0.5) is 4.79 Å². The lowest BCUT2D eigenvalue weighted by Gasteiger charge is -2.19. The molecule has 4 N–H and O–H groups in total. The van der Waals surface area contributed by atoms with Crippen LogP contribution >= 0.6 is 0 Å². The highest BCUT2D eigenvalue weighted by Crippen LogP contribution is 1.94. The van der Waals surface area contributed by atoms with Crippen LogP contribution in [0.3, 0.4) is 0 Å². The minimum Gasteiger partial charge on any atom is -0.480 e. The van der Waals surface area contributed by atoms with Crippen molar-refractivity contribution in [2.24, 2.45) is 11.7 Å². The van der Waals surface area contributed by atoms with Crippen molar-refractivity contribution in [1.82, 2.24) is 10.2 Å². The number of carbonyl (C=O) groups is 3. The summed E-state index contributed by atoms with van der Waals surface area (Å²) in [7, 11) is 0. The van der Waals surface area contributed by atoms with E-state index in [0.29, 0.717) is 32.1 Å². The summed E-state index contributed by atoms with van der Waals surface area (Å²) >= 11 is 0. The van der Waals surface area contributed by atoms with Gasteiger partial charge in [0.1, 0.15) is 13.1 Å². The summed E-state index contributed by atoms with van der Waals surface area (Å²) in [6, 6.07) is -0.630. The Morgan fingerprint density at radius 3 is 2.45 bits per heavy atom. The zero-order valence-electron chi connectivity index (χ0n) is 11.9. The van der Waals surface area contributed by atoms with Crippen molar-refractivity contribution in [3.8, 4) is 0 Å². The van der Waals surface area contributed by atoms with Crippen molar-refractivity contribution in [2.75, 3.05) is 32.8 Å². The van der Waals surface area contributed by atoms with Crippen molar-refractivity contribution in [3.63, 3.8) is 0 Å². The number of nitrogens with two attached hydrogens (primary N) is 1. The van der Waals surface area contributed by atoms with E-state index < -0.39 is 31.0 Å². The second-order valence-corrected chi connectivity index (χ2v) is 4.77. The predicted octanol–water partition coefficient (Wildman–Crippen LogP) is -0.369. The van der Waals surface area contributed by atoms with Gasteiger partial charge < -0.3 is 25.8 Å². The van der Waals surface area contributed by atoms with Gasteiger partial charge in [-0.25, -0.2) is 4.79 Å². The third-order valence-corrected chi connectivity index (χ3v) is 2.15. The maximum atomic E-state index is 11.7. The fraction of sp³-hybridized carbons (Fsp3) is 0.750. The second kappa shape index (κ2) is 10.0. The van der Waals surface area contributed by atoms with E-state index in [1.165, 1.54) is 0 Å². The van der Waals surface area contributed by atoms with Crippen LogP contribution in [0.1, 0.15) is 20.3 Å². The number of aliphatic carboxylic acids is 1. The first-order valence-corrected chi connectivity index (χ1v) is 6.43. The first kappa shape index (κ1) is 18.2. The van der Waals surface area contributed by atoms with Gasteiger partial charge in [-0.05, 0) is 12.3 Å². The zero-order valence-corrected chi connectivity index (χ0v) is 11.9. The number of primary amides is 1. The SMILES string of the molecule is CC(C)COCCCNC(=O)N(CC(N)=O)CC(=O)O. The normalized spacial score (nSPS) is 10.3. The van der Waals surface area contributed by atoms with Gasteiger partial charge in [0.15, 0.2) is 0 Å². The number of hydrogen-bond donors (Lipinski definition) is 3. The molecule has 0 rings (SSSR count). The van der Waals surface area contributed by atoms with E-state index in [1.807, 2.05) is 13.8 Å². The van der Waals surface area contributed by atoms with Crippen LogP contribution in [-0.2, 0) is 14.3 Å². The molecule has 0 atom stereocenters. The topological polar surface area (TPSA) is 122 Å². The van der Waals surface area contributed by atoms with E-state index >= 15 is 0 Å². The minimum atomic E-state index is -1.21. The average Bonchev–Trinajstić information content (AvgIpc) is 2.30. The van der Waals surface area contributed by atoms with E-state index in [0.717, 1.165) is 4.90 Å². The Bertz CT molecular complexity index is 317. The fourth-order valence-electron chi connectivity index (χ4n) is 1.35. The monoisotopic (exact) mass is 289 g/mol. The van der Waals surface area contributed by atoms with Gasteiger partial charge in [-0.15, -0.1) is 0 Å². The third-order valence-electron chi connectivity index (χ3n) is 2.15. The van der Waals surface area contributed by atoms with Crippen molar-refractivity contribution < 1.29 is 24.2 Å². The Hall–Kier alpha value is -1.83. The Balaban J connectivity index is 3.94. The molecule has 0 saturated heterocycles. The van der Waals surface area contributed by atoms with Crippen molar-refractivity contribution in [3.05, 3.63) is 0 Å². The standard InChI is InChI=1S/C12H23N3O5/c1-9(2)8-20-5-3-4-14-12(19)15(6-10(13)16)7-11(17)18/h9H,3-8H2,1-2H3,(H2,13,16)(H,14,19)(H,17,18). The summed E-state index contributed by atoms with van der Waals surface area (Å²) in [4.78, 5) is 33.8. The van der Waals surface area contributed by atoms with Crippen LogP contribution in [0, 0.1) is 5.92 Å². The molecule has 0 fully saturated rings. The van der Waals surface area contributed by atoms with Gasteiger partial charge in [0.25, 0.3) is 0 Å². The number of ether oxygens (including phenoxy) is 1. The highest BCUT2D eigenvalue weighted by atomic mass is 16.5. The second-order valence-electron chi connectivity index (χ2n) is 4.77. The van der Waals surface area contributed by atoms with Crippen LogP contribution in [0.5, 0.6) is 0 Å². The van der Waals surface area contributed by atoms with Gasteiger partial charge in [0.2, 0.25) is 5.91 Å². The lowest BCUT2D eigenvalue weighted by molar-refractivity contribution is -0.137. The molecule has 20 heavy (non-hydrogen) atoms. The molecule has 0 aromatic heterocycles. The van der Waals surface area contributed by atoms with E-state index in [9.17, 15) is 14.4 Å². The molecule has 116 valence electrons. The van der Waals surface area contributed by atoms with Gasteiger partial charge in [0.05, 0.1) is 0 Å². The average molecular weight is 289 g/mol. The summed E-state index contributed by atoms with van der Waals surface area (Å²) < 4.78 is 5.33. The molecule has 0 unspecified atom stereocenters. The number of amides is 3. The van der Waals surface area contributed by atoms with Crippen molar-refractivity contribution in [1.29, 1.82) is 0 Å². The molecule has 0 radical (unpaired) electrons. The lowest BCUT2D eigenvalue weighted by Crippen LogP contribution is -2.46. The van der Waals surface area contributed by atoms with E-state index in [2.05, 4.69) is 5.32 Å². The van der Waals surface area contributed by atoms with Gasteiger partial charge in [-0.1, -0.05) is 13.8 Å². The maximum absolute atomic E-state index is 11.7. The smallest absolute Gasteiger partial charge is 0.323 e. The summed E-state index contributed by atoms with van der Waals surface area (Å²) in [6.07, 6.45) is 0.607. The van der Waals surface area contributed by atoms with E-state index in [-0.39, 0.29) is 0 Å². The van der Waals surface area contributed by atoms with Crippen LogP contribution in [0.15, 0.2) is 0 Å². The van der Waals surface area contributed by atoms with Gasteiger partial charge in [0, 0.05) is 19.8 Å². The van der Waals surface area contributed by atoms with Crippen molar-refractivity contribution in [2.45, 2.75) is 20.3 Å². The number of carboxylic acids is 1. The first-order chi connectivity index (χ1) is 9.32. The van der Waals surface area contributed by atoms with Gasteiger partial charge >= 0.3 is 12.0 Å². The highest BCUT2D eigenvalue weighted by Gasteiger charge is 2.18. The number of hydrogen-bond acceptors (Lipinski definition) is 4. The van der Waals surface area contributed by atoms with Crippen LogP contribution in [0.25, 0.3) is 0 Å². The summed E-state index contributed by atoms with van der Waals surface area (Å²) in [6.45, 7) is 4.57. The molecule has 0 aliphatic heterocycles. The van der Waals surface area contributed by atoms with Crippen LogP contribution in [0.2, 0.25) is 0 Å². The molecule has 0 bridgehead atoms. The molecule has 0 spiro atoms. The molecule has 8 nitrogen and oxygen atoms in total. The van der Waals surface area contributed by atoms with Crippen LogP contribution in [-0.4, -0.2) is 60.8 Å². The fourth-order valence-corrected chi connectivity index (χ4v) is 1.35. The summed E-state index contributed by atoms with van der Waals surface area (Å²) in [5, 5.41) is 11.2. The molecular formula is C12H23N3O5. The molecular weight excluding hydrogens is 266 g/mol. The number of carboxylic acid groups (broad SMARTS) is 1. The quantitative estimate of drug-likeness (QED) is 0.474. The van der Waals surface area contributed by atoms with Crippen molar-refractivity contribution >= 4 is 17.9 Å². The first-order valence-electron chi connectivity index (χ1n) is 6.43. The highest BCUT2D eigenvalue weighted by molar-refractivity contribution is 5.85. The maximum Gasteiger partial charge on any atom is 0.323 e. The molecule has 0 aliphatic rings.